The topological polar surface area (TPSA) is 72.5 Å². The van der Waals surface area contributed by atoms with Crippen LogP contribution in [0.4, 0.5) is 5.69 Å². The van der Waals surface area contributed by atoms with E-state index in [9.17, 15) is 14.4 Å². The Hall–Kier alpha value is -2.60. The molecule has 2 aromatic carbocycles. The Morgan fingerprint density at radius 1 is 1.14 bits per heavy atom. The molecule has 1 aliphatic heterocycles. The molecule has 1 amide bonds. The number of para-hydroxylation sites is 1. The molecule has 2 aromatic rings. The number of thioether (sulfide) groups is 1. The Morgan fingerprint density at radius 2 is 1.86 bits per heavy atom. The van der Waals surface area contributed by atoms with Gasteiger partial charge in [-0.05, 0) is 30.0 Å². The number of anilines is 1. The van der Waals surface area contributed by atoms with E-state index in [2.05, 4.69) is 19.2 Å². The van der Waals surface area contributed by atoms with Crippen LogP contribution in [0.3, 0.4) is 0 Å². The van der Waals surface area contributed by atoms with E-state index in [0.717, 1.165) is 17.0 Å². The number of hydrogen-bond acceptors (Lipinski definition) is 5. The number of Topliss-reactive ketones (excluding diaryl/α,β-unsaturated/α-hetero) is 1. The van der Waals surface area contributed by atoms with Crippen LogP contribution in [0, 0.1) is 0 Å². The molecule has 0 spiro atoms. The predicted octanol–water partition coefficient (Wildman–Crippen LogP) is 4.43. The van der Waals surface area contributed by atoms with Crippen LogP contribution in [-0.2, 0) is 14.3 Å². The highest BCUT2D eigenvalue weighted by molar-refractivity contribution is 8.01. The largest absolute Gasteiger partial charge is 0.457 e. The van der Waals surface area contributed by atoms with Crippen molar-refractivity contribution < 1.29 is 19.1 Å². The first kappa shape index (κ1) is 20.1. The number of nitrogens with one attached hydrogen (secondary N) is 1. The van der Waals surface area contributed by atoms with E-state index < -0.39 is 11.2 Å². The number of benzene rings is 2. The van der Waals surface area contributed by atoms with E-state index in [1.165, 1.54) is 17.3 Å². The van der Waals surface area contributed by atoms with Gasteiger partial charge in [0.05, 0.1) is 17.4 Å². The molecule has 0 bridgehead atoms. The van der Waals surface area contributed by atoms with Gasteiger partial charge in [0.1, 0.15) is 0 Å². The minimum Gasteiger partial charge on any atom is -0.457 e. The maximum atomic E-state index is 12.3. The van der Waals surface area contributed by atoms with E-state index in [-0.39, 0.29) is 24.7 Å². The van der Waals surface area contributed by atoms with Crippen LogP contribution >= 0.6 is 11.8 Å². The molecule has 0 saturated heterocycles. The average Bonchev–Trinajstić information content (AvgIpc) is 2.72. The number of ether oxygens (including phenoxy) is 1. The van der Waals surface area contributed by atoms with Crippen molar-refractivity contribution >= 4 is 35.1 Å². The van der Waals surface area contributed by atoms with Gasteiger partial charge in [-0.2, -0.15) is 0 Å². The molecule has 0 fully saturated rings. The third kappa shape index (κ3) is 4.81. The molecular formula is C22H23NO4S. The zero-order valence-electron chi connectivity index (χ0n) is 15.9. The smallest absolute Gasteiger partial charge is 0.307 e. The van der Waals surface area contributed by atoms with Crippen molar-refractivity contribution in [1.82, 2.24) is 0 Å². The van der Waals surface area contributed by atoms with Crippen molar-refractivity contribution in [1.29, 1.82) is 0 Å². The van der Waals surface area contributed by atoms with Gasteiger partial charge in [0.15, 0.2) is 12.4 Å². The maximum Gasteiger partial charge on any atom is 0.307 e. The molecule has 3 rings (SSSR count). The van der Waals surface area contributed by atoms with Crippen molar-refractivity contribution in [3.63, 3.8) is 0 Å². The van der Waals surface area contributed by atoms with Gasteiger partial charge in [-0.3, -0.25) is 14.4 Å². The van der Waals surface area contributed by atoms with Gasteiger partial charge in [0, 0.05) is 10.5 Å². The zero-order valence-corrected chi connectivity index (χ0v) is 16.8. The van der Waals surface area contributed by atoms with E-state index in [4.69, 9.17) is 4.74 Å². The van der Waals surface area contributed by atoms with Gasteiger partial charge in [-0.15, -0.1) is 11.8 Å². The van der Waals surface area contributed by atoms with Crippen LogP contribution in [0.1, 0.15) is 48.5 Å². The molecule has 0 unspecified atom stereocenters. The lowest BCUT2D eigenvalue weighted by atomic mass is 9.97. The summed E-state index contributed by atoms with van der Waals surface area (Å²) >= 11 is 1.33. The van der Waals surface area contributed by atoms with Crippen LogP contribution < -0.4 is 5.32 Å². The Kier molecular flexibility index (Phi) is 6.52. The zero-order chi connectivity index (χ0) is 20.1. The van der Waals surface area contributed by atoms with E-state index >= 15 is 0 Å². The molecule has 2 atom stereocenters. The van der Waals surface area contributed by atoms with Gasteiger partial charge in [-0.1, -0.05) is 50.2 Å². The lowest BCUT2D eigenvalue weighted by Gasteiger charge is -2.23. The first-order valence-corrected chi connectivity index (χ1v) is 10.2. The molecule has 28 heavy (non-hydrogen) atoms. The molecule has 0 aromatic heterocycles. The van der Waals surface area contributed by atoms with Crippen LogP contribution in [0.2, 0.25) is 0 Å². The fourth-order valence-electron chi connectivity index (χ4n) is 2.90. The number of amides is 1. The maximum absolute atomic E-state index is 12.3. The highest BCUT2D eigenvalue weighted by atomic mass is 32.2. The number of hydrogen-bond donors (Lipinski definition) is 1. The number of ketones is 1. The standard InChI is InChI=1S/C22H23NO4S/c1-3-14(2)15-8-10-16(11-9-15)18(24)13-27-21(25)12-20-22(26)23-17-6-4-5-7-19(17)28-20/h4-11,14,20H,3,12-13H2,1-2H3,(H,23,26)/t14-,20+/m0/s1. The third-order valence-corrected chi connectivity index (χ3v) is 6.11. The fourth-order valence-corrected chi connectivity index (χ4v) is 4.00. The van der Waals surface area contributed by atoms with Crippen LogP contribution in [0.5, 0.6) is 0 Å². The van der Waals surface area contributed by atoms with Crippen molar-refractivity contribution in [2.45, 2.75) is 42.8 Å². The summed E-state index contributed by atoms with van der Waals surface area (Å²) < 4.78 is 5.11. The highest BCUT2D eigenvalue weighted by Crippen LogP contribution is 2.36. The highest BCUT2D eigenvalue weighted by Gasteiger charge is 2.29. The molecule has 1 heterocycles. The first-order chi connectivity index (χ1) is 13.5. The van der Waals surface area contributed by atoms with Crippen molar-refractivity contribution in [3.05, 3.63) is 59.7 Å². The normalized spacial score (nSPS) is 16.6. The summed E-state index contributed by atoms with van der Waals surface area (Å²) in [6.07, 6.45) is 0.952. The van der Waals surface area contributed by atoms with Crippen molar-refractivity contribution in [2.24, 2.45) is 0 Å². The molecular weight excluding hydrogens is 374 g/mol. The van der Waals surface area contributed by atoms with Crippen LogP contribution in [-0.4, -0.2) is 29.5 Å². The Morgan fingerprint density at radius 3 is 2.57 bits per heavy atom. The molecule has 0 saturated carbocycles. The number of rotatable bonds is 7. The number of esters is 1. The lowest BCUT2D eigenvalue weighted by molar-refractivity contribution is -0.143. The summed E-state index contributed by atoms with van der Waals surface area (Å²) in [6.45, 7) is 3.93. The van der Waals surface area contributed by atoms with Gasteiger partial charge >= 0.3 is 5.97 Å². The fraction of sp³-hybridized carbons (Fsp3) is 0.318. The minimum absolute atomic E-state index is 0.0783. The Bertz CT molecular complexity index is 878. The van der Waals surface area contributed by atoms with E-state index in [1.807, 2.05) is 36.4 Å². The third-order valence-electron chi connectivity index (χ3n) is 4.84. The average molecular weight is 397 g/mol. The minimum atomic E-state index is -0.563. The molecule has 0 aliphatic carbocycles. The molecule has 1 N–H and O–H groups in total. The monoisotopic (exact) mass is 397 g/mol. The molecule has 5 nitrogen and oxygen atoms in total. The Labute approximate surface area is 168 Å². The summed E-state index contributed by atoms with van der Waals surface area (Å²) in [7, 11) is 0. The second-order valence-electron chi connectivity index (χ2n) is 6.81. The second-order valence-corrected chi connectivity index (χ2v) is 8.06. The summed E-state index contributed by atoms with van der Waals surface area (Å²) in [5.74, 6) is -0.606. The lowest BCUT2D eigenvalue weighted by Crippen LogP contribution is -2.31. The number of fused-ring (bicyclic) bond motifs is 1. The predicted molar refractivity (Wildman–Crippen MR) is 110 cm³/mol. The Balaban J connectivity index is 1.51. The van der Waals surface area contributed by atoms with Gasteiger partial charge in [-0.25, -0.2) is 0 Å². The summed E-state index contributed by atoms with van der Waals surface area (Å²) in [6, 6.07) is 14.8. The first-order valence-electron chi connectivity index (χ1n) is 9.33. The molecule has 1 aliphatic rings. The molecule has 146 valence electrons. The van der Waals surface area contributed by atoms with Crippen LogP contribution in [0.15, 0.2) is 53.4 Å². The molecule has 0 radical (unpaired) electrons. The van der Waals surface area contributed by atoms with Crippen molar-refractivity contribution in [3.8, 4) is 0 Å². The quantitative estimate of drug-likeness (QED) is 0.553. The van der Waals surface area contributed by atoms with Crippen molar-refractivity contribution in [2.75, 3.05) is 11.9 Å². The number of carbonyl (C=O) groups excluding carboxylic acids is 3. The van der Waals surface area contributed by atoms with Crippen LogP contribution in [0.25, 0.3) is 0 Å². The second kappa shape index (κ2) is 9.06. The SMILES string of the molecule is CC[C@H](C)c1ccc(C(=O)COC(=O)C[C@H]2Sc3ccccc3NC2=O)cc1. The summed E-state index contributed by atoms with van der Waals surface area (Å²) in [5.41, 5.74) is 2.44. The van der Waals surface area contributed by atoms with Gasteiger partial charge < -0.3 is 10.1 Å². The van der Waals surface area contributed by atoms with E-state index in [1.54, 1.807) is 12.1 Å². The molecule has 6 heteroatoms. The van der Waals surface area contributed by atoms with Gasteiger partial charge in [0.2, 0.25) is 5.91 Å². The summed E-state index contributed by atoms with van der Waals surface area (Å²) in [5, 5.41) is 2.23. The number of carbonyl (C=O) groups is 3. The van der Waals surface area contributed by atoms with E-state index in [0.29, 0.717) is 11.5 Å². The van der Waals surface area contributed by atoms with Gasteiger partial charge in [0.25, 0.3) is 0 Å². The summed E-state index contributed by atoms with van der Waals surface area (Å²) in [4.78, 5) is 37.4.